The number of hydrogen-bond donors (Lipinski definition) is 1. The second kappa shape index (κ2) is 5.62. The second-order valence-electron chi connectivity index (χ2n) is 3.89. The van der Waals surface area contributed by atoms with E-state index in [1.54, 1.807) is 24.3 Å². The van der Waals surface area contributed by atoms with Crippen LogP contribution >= 0.6 is 15.9 Å². The molecule has 0 fully saturated rings. The van der Waals surface area contributed by atoms with Crippen LogP contribution in [0.5, 0.6) is 0 Å². The molecule has 1 aromatic carbocycles. The molecule has 0 atom stereocenters. The summed E-state index contributed by atoms with van der Waals surface area (Å²) in [6.45, 7) is 0. The highest BCUT2D eigenvalue weighted by molar-refractivity contribution is 9.10. The normalized spacial score (nSPS) is 11.2. The minimum Gasteiger partial charge on any atom is -0.322 e. The molecule has 7 heteroatoms. The van der Waals surface area contributed by atoms with Gasteiger partial charge < -0.3 is 5.32 Å². The number of carbonyl (C=O) groups is 1. The van der Waals surface area contributed by atoms with Crippen LogP contribution in [-0.4, -0.2) is 10.9 Å². The number of amides is 1. The van der Waals surface area contributed by atoms with Gasteiger partial charge in [-0.05, 0) is 36.4 Å². The monoisotopic (exact) mass is 344 g/mol. The maximum atomic E-state index is 12.3. The highest BCUT2D eigenvalue weighted by Crippen LogP contribution is 2.27. The van der Waals surface area contributed by atoms with Crippen molar-refractivity contribution in [2.75, 3.05) is 5.32 Å². The summed E-state index contributed by atoms with van der Waals surface area (Å²) in [4.78, 5) is 15.0. The molecule has 2 rings (SSSR count). The van der Waals surface area contributed by atoms with Crippen molar-refractivity contribution in [1.82, 2.24) is 4.98 Å². The molecule has 0 spiro atoms. The topological polar surface area (TPSA) is 42.0 Å². The summed E-state index contributed by atoms with van der Waals surface area (Å²) < 4.78 is 37.9. The molecule has 1 N–H and O–H groups in total. The number of rotatable bonds is 2. The van der Waals surface area contributed by atoms with Crippen molar-refractivity contribution in [2.24, 2.45) is 0 Å². The molecule has 104 valence electrons. The van der Waals surface area contributed by atoms with E-state index in [4.69, 9.17) is 0 Å². The van der Waals surface area contributed by atoms with Crippen LogP contribution in [0.25, 0.3) is 0 Å². The predicted octanol–water partition coefficient (Wildman–Crippen LogP) is 4.12. The Kier molecular flexibility index (Phi) is 4.08. The van der Waals surface area contributed by atoms with Crippen molar-refractivity contribution in [1.29, 1.82) is 0 Å². The highest BCUT2D eigenvalue weighted by Gasteiger charge is 2.32. The third-order valence-electron chi connectivity index (χ3n) is 2.42. The van der Waals surface area contributed by atoms with Gasteiger partial charge in [-0.25, -0.2) is 0 Å². The van der Waals surface area contributed by atoms with E-state index in [1.807, 2.05) is 0 Å². The van der Waals surface area contributed by atoms with Crippen molar-refractivity contribution in [2.45, 2.75) is 6.18 Å². The van der Waals surface area contributed by atoms with E-state index in [-0.39, 0.29) is 5.56 Å². The average molecular weight is 345 g/mol. The lowest BCUT2D eigenvalue weighted by atomic mass is 10.2. The molecule has 3 nitrogen and oxygen atoms in total. The standard InChI is InChI=1S/C13H8BrF3N2O/c14-9-2-4-10(5-3-9)19-12(20)8-1-6-11(18-7-8)13(15,16)17/h1-7H,(H,19,20). The molecule has 1 heterocycles. The van der Waals surface area contributed by atoms with Gasteiger partial charge >= 0.3 is 6.18 Å². The fraction of sp³-hybridized carbons (Fsp3) is 0.0769. The van der Waals surface area contributed by atoms with Crippen LogP contribution in [-0.2, 0) is 6.18 Å². The Bertz CT molecular complexity index is 609. The van der Waals surface area contributed by atoms with Gasteiger partial charge in [0.1, 0.15) is 5.69 Å². The number of benzene rings is 1. The van der Waals surface area contributed by atoms with E-state index < -0.39 is 17.8 Å². The Morgan fingerprint density at radius 3 is 2.25 bits per heavy atom. The van der Waals surface area contributed by atoms with E-state index in [2.05, 4.69) is 26.2 Å². The maximum Gasteiger partial charge on any atom is 0.433 e. The van der Waals surface area contributed by atoms with Crippen molar-refractivity contribution >= 4 is 27.5 Å². The number of pyridine rings is 1. The smallest absolute Gasteiger partial charge is 0.322 e. The first kappa shape index (κ1) is 14.5. The zero-order valence-corrected chi connectivity index (χ0v) is 11.5. The number of alkyl halides is 3. The summed E-state index contributed by atoms with van der Waals surface area (Å²) in [7, 11) is 0. The third-order valence-corrected chi connectivity index (χ3v) is 2.95. The van der Waals surface area contributed by atoms with Gasteiger partial charge in [0, 0.05) is 16.4 Å². The largest absolute Gasteiger partial charge is 0.433 e. The van der Waals surface area contributed by atoms with Gasteiger partial charge in [-0.2, -0.15) is 13.2 Å². The molecule has 0 bridgehead atoms. The first-order chi connectivity index (χ1) is 9.36. The van der Waals surface area contributed by atoms with Crippen molar-refractivity contribution < 1.29 is 18.0 Å². The molecule has 0 aliphatic rings. The Morgan fingerprint density at radius 1 is 1.10 bits per heavy atom. The lowest BCUT2D eigenvalue weighted by Gasteiger charge is -2.07. The van der Waals surface area contributed by atoms with Gasteiger partial charge in [-0.1, -0.05) is 15.9 Å². The van der Waals surface area contributed by atoms with Crippen LogP contribution in [0.3, 0.4) is 0 Å². The maximum absolute atomic E-state index is 12.3. The molecule has 2 aromatic rings. The number of hydrogen-bond acceptors (Lipinski definition) is 2. The third kappa shape index (κ3) is 3.57. The van der Waals surface area contributed by atoms with Crippen LogP contribution in [0.15, 0.2) is 47.1 Å². The number of aromatic nitrogens is 1. The van der Waals surface area contributed by atoms with Crippen LogP contribution in [0.1, 0.15) is 16.1 Å². The lowest BCUT2D eigenvalue weighted by molar-refractivity contribution is -0.141. The Hall–Kier alpha value is -1.89. The molecule has 1 amide bonds. The van der Waals surface area contributed by atoms with Crippen molar-refractivity contribution in [3.63, 3.8) is 0 Å². The minimum atomic E-state index is -4.51. The zero-order chi connectivity index (χ0) is 14.8. The van der Waals surface area contributed by atoms with Crippen LogP contribution in [0.4, 0.5) is 18.9 Å². The first-order valence-electron chi connectivity index (χ1n) is 5.46. The molecule has 0 radical (unpaired) electrons. The van der Waals surface area contributed by atoms with E-state index in [0.29, 0.717) is 5.69 Å². The second-order valence-corrected chi connectivity index (χ2v) is 4.81. The van der Waals surface area contributed by atoms with Gasteiger partial charge in [0.25, 0.3) is 5.91 Å². The van der Waals surface area contributed by atoms with Crippen LogP contribution in [0, 0.1) is 0 Å². The Labute approximate surface area is 121 Å². The molecule has 0 unspecified atom stereocenters. The number of carbonyl (C=O) groups excluding carboxylic acids is 1. The van der Waals surface area contributed by atoms with Gasteiger partial charge in [0.2, 0.25) is 0 Å². The SMILES string of the molecule is O=C(Nc1ccc(Br)cc1)c1ccc(C(F)(F)F)nc1. The molecule has 0 aliphatic heterocycles. The van der Waals surface area contributed by atoms with Crippen molar-refractivity contribution in [3.8, 4) is 0 Å². The number of nitrogens with one attached hydrogen (secondary N) is 1. The zero-order valence-electron chi connectivity index (χ0n) is 9.91. The van der Waals surface area contributed by atoms with Crippen LogP contribution < -0.4 is 5.32 Å². The van der Waals surface area contributed by atoms with Crippen LogP contribution in [0.2, 0.25) is 0 Å². The Morgan fingerprint density at radius 2 is 1.75 bits per heavy atom. The Balaban J connectivity index is 2.11. The van der Waals surface area contributed by atoms with E-state index in [1.165, 1.54) is 0 Å². The van der Waals surface area contributed by atoms with E-state index in [9.17, 15) is 18.0 Å². The summed E-state index contributed by atoms with van der Waals surface area (Å²) in [6, 6.07) is 8.67. The molecule has 1 aromatic heterocycles. The van der Waals surface area contributed by atoms with Gasteiger partial charge in [-0.15, -0.1) is 0 Å². The fourth-order valence-corrected chi connectivity index (χ4v) is 1.70. The minimum absolute atomic E-state index is 0.0564. The highest BCUT2D eigenvalue weighted by atomic mass is 79.9. The number of anilines is 1. The van der Waals surface area contributed by atoms with E-state index in [0.717, 1.165) is 22.8 Å². The quantitative estimate of drug-likeness (QED) is 0.890. The number of halogens is 4. The average Bonchev–Trinajstić information content (AvgIpc) is 2.40. The first-order valence-corrected chi connectivity index (χ1v) is 6.26. The summed E-state index contributed by atoms with van der Waals surface area (Å²) in [5, 5.41) is 2.56. The van der Waals surface area contributed by atoms with Gasteiger partial charge in [0.15, 0.2) is 0 Å². The predicted molar refractivity (Wildman–Crippen MR) is 71.3 cm³/mol. The molecule has 0 aliphatic carbocycles. The molecular formula is C13H8BrF3N2O. The van der Waals surface area contributed by atoms with E-state index >= 15 is 0 Å². The van der Waals surface area contributed by atoms with Gasteiger partial charge in [0.05, 0.1) is 5.56 Å². The molecular weight excluding hydrogens is 337 g/mol. The number of nitrogens with zero attached hydrogens (tertiary/aromatic N) is 1. The summed E-state index contributed by atoms with van der Waals surface area (Å²) in [5.74, 6) is -0.520. The molecule has 0 saturated carbocycles. The van der Waals surface area contributed by atoms with Crippen molar-refractivity contribution in [3.05, 3.63) is 58.3 Å². The summed E-state index contributed by atoms with van der Waals surface area (Å²) >= 11 is 3.25. The molecule has 20 heavy (non-hydrogen) atoms. The van der Waals surface area contributed by atoms with Gasteiger partial charge in [-0.3, -0.25) is 9.78 Å². The summed E-state index contributed by atoms with van der Waals surface area (Å²) in [6.07, 6.45) is -3.61. The molecule has 0 saturated heterocycles. The summed E-state index contributed by atoms with van der Waals surface area (Å²) in [5.41, 5.74) is -0.434. The lowest BCUT2D eigenvalue weighted by Crippen LogP contribution is -2.14. The fourth-order valence-electron chi connectivity index (χ4n) is 1.43.